The van der Waals surface area contributed by atoms with Crippen LogP contribution in [-0.4, -0.2) is 80.1 Å². The van der Waals surface area contributed by atoms with E-state index in [4.69, 9.17) is 4.74 Å². The van der Waals surface area contributed by atoms with Crippen LogP contribution < -0.4 is 10.6 Å². The first-order chi connectivity index (χ1) is 15.7. The SMILES string of the molecule is CN=C(NCC(=O)N(C)CCc1ccccn1)NCc1ccccc1CN1CCOCC1.I. The molecule has 1 amide bonds. The summed E-state index contributed by atoms with van der Waals surface area (Å²) < 4.78 is 5.45. The number of halogens is 1. The van der Waals surface area contributed by atoms with Crippen molar-refractivity contribution >= 4 is 35.8 Å². The Labute approximate surface area is 213 Å². The summed E-state index contributed by atoms with van der Waals surface area (Å²) in [6.07, 6.45) is 2.50. The molecule has 2 aromatic rings. The molecule has 0 aliphatic carbocycles. The number of rotatable bonds is 9. The summed E-state index contributed by atoms with van der Waals surface area (Å²) in [7, 11) is 3.52. The Morgan fingerprint density at radius 3 is 2.55 bits per heavy atom. The van der Waals surface area contributed by atoms with E-state index in [0.717, 1.165) is 45.0 Å². The Balaban J connectivity index is 0.00000385. The number of benzene rings is 1. The van der Waals surface area contributed by atoms with Crippen LogP contribution in [0.5, 0.6) is 0 Å². The van der Waals surface area contributed by atoms with Crippen LogP contribution in [0.4, 0.5) is 0 Å². The number of pyridine rings is 1. The van der Waals surface area contributed by atoms with E-state index in [1.165, 1.54) is 11.1 Å². The largest absolute Gasteiger partial charge is 0.379 e. The first-order valence-corrected chi connectivity index (χ1v) is 11.1. The molecular weight excluding hydrogens is 531 g/mol. The first-order valence-electron chi connectivity index (χ1n) is 11.1. The van der Waals surface area contributed by atoms with Gasteiger partial charge in [0.1, 0.15) is 0 Å². The molecule has 0 saturated carbocycles. The maximum Gasteiger partial charge on any atom is 0.241 e. The standard InChI is InChI=1S/C24H34N6O2.HI/c1-25-24(28-18-23(31)29(2)12-10-22-9-5-6-11-26-22)27-17-20-7-3-4-8-21(20)19-30-13-15-32-16-14-30;/h3-9,11H,10,12-19H2,1-2H3,(H2,25,27,28);1H. The van der Waals surface area contributed by atoms with Gasteiger partial charge in [-0.3, -0.25) is 19.7 Å². The van der Waals surface area contributed by atoms with Gasteiger partial charge >= 0.3 is 0 Å². The number of morpholine rings is 1. The van der Waals surface area contributed by atoms with Gasteiger partial charge in [-0.1, -0.05) is 30.3 Å². The summed E-state index contributed by atoms with van der Waals surface area (Å²) in [5.74, 6) is 0.620. The second-order valence-corrected chi connectivity index (χ2v) is 7.82. The number of ether oxygens (including phenoxy) is 1. The predicted molar refractivity (Wildman–Crippen MR) is 142 cm³/mol. The molecule has 0 bridgehead atoms. The van der Waals surface area contributed by atoms with Gasteiger partial charge in [-0.2, -0.15) is 0 Å². The van der Waals surface area contributed by atoms with E-state index in [1.807, 2.05) is 25.2 Å². The van der Waals surface area contributed by atoms with Crippen molar-refractivity contribution in [2.24, 2.45) is 4.99 Å². The lowest BCUT2D eigenvalue weighted by atomic mass is 10.1. The molecule has 1 aliphatic heterocycles. The van der Waals surface area contributed by atoms with E-state index in [2.05, 4.69) is 49.8 Å². The zero-order chi connectivity index (χ0) is 22.6. The highest BCUT2D eigenvalue weighted by Crippen LogP contribution is 2.13. The normalized spacial score (nSPS) is 14.3. The Kier molecular flexibility index (Phi) is 12.1. The molecule has 2 heterocycles. The van der Waals surface area contributed by atoms with Crippen molar-refractivity contribution in [1.82, 2.24) is 25.4 Å². The van der Waals surface area contributed by atoms with Crippen molar-refractivity contribution in [2.45, 2.75) is 19.5 Å². The number of amides is 1. The number of nitrogens with zero attached hydrogens (tertiary/aromatic N) is 4. The Morgan fingerprint density at radius 1 is 1.12 bits per heavy atom. The molecule has 3 rings (SSSR count). The van der Waals surface area contributed by atoms with Crippen molar-refractivity contribution in [3.05, 3.63) is 65.5 Å². The maximum absolute atomic E-state index is 12.5. The second-order valence-electron chi connectivity index (χ2n) is 7.82. The van der Waals surface area contributed by atoms with Gasteiger partial charge in [0, 0.05) is 65.1 Å². The number of carbonyl (C=O) groups excluding carboxylic acids is 1. The zero-order valence-corrected chi connectivity index (χ0v) is 21.8. The second kappa shape index (κ2) is 14.8. The molecule has 0 spiro atoms. The molecule has 8 nitrogen and oxygen atoms in total. The lowest BCUT2D eigenvalue weighted by molar-refractivity contribution is -0.128. The van der Waals surface area contributed by atoms with Crippen molar-refractivity contribution in [2.75, 3.05) is 53.5 Å². The summed E-state index contributed by atoms with van der Waals surface area (Å²) in [6.45, 7) is 5.87. The number of guanidine groups is 1. The molecule has 1 aromatic carbocycles. The average Bonchev–Trinajstić information content (AvgIpc) is 2.84. The predicted octanol–water partition coefficient (Wildman–Crippen LogP) is 1.90. The minimum Gasteiger partial charge on any atom is -0.379 e. The third-order valence-electron chi connectivity index (χ3n) is 5.55. The van der Waals surface area contributed by atoms with Crippen LogP contribution in [0.3, 0.4) is 0 Å². The third-order valence-corrected chi connectivity index (χ3v) is 5.55. The van der Waals surface area contributed by atoms with Crippen molar-refractivity contribution in [3.63, 3.8) is 0 Å². The number of likely N-dealkylation sites (N-methyl/N-ethyl adjacent to an activating group) is 1. The van der Waals surface area contributed by atoms with Crippen LogP contribution >= 0.6 is 24.0 Å². The molecular formula is C24H35IN6O2. The van der Waals surface area contributed by atoms with E-state index in [9.17, 15) is 4.79 Å². The van der Waals surface area contributed by atoms with Crippen LogP contribution in [0.1, 0.15) is 16.8 Å². The fraction of sp³-hybridized carbons (Fsp3) is 0.458. The highest BCUT2D eigenvalue weighted by molar-refractivity contribution is 14.0. The summed E-state index contributed by atoms with van der Waals surface area (Å²) in [5, 5.41) is 6.45. The highest BCUT2D eigenvalue weighted by Gasteiger charge is 2.13. The quantitative estimate of drug-likeness (QED) is 0.274. The van der Waals surface area contributed by atoms with Crippen LogP contribution in [0, 0.1) is 0 Å². The molecule has 1 aliphatic rings. The van der Waals surface area contributed by atoms with Crippen molar-refractivity contribution in [3.8, 4) is 0 Å². The topological polar surface area (TPSA) is 82.1 Å². The molecule has 180 valence electrons. The Hall–Kier alpha value is -2.24. The summed E-state index contributed by atoms with van der Waals surface area (Å²) >= 11 is 0. The molecule has 33 heavy (non-hydrogen) atoms. The third kappa shape index (κ3) is 9.26. The highest BCUT2D eigenvalue weighted by atomic mass is 127. The zero-order valence-electron chi connectivity index (χ0n) is 19.5. The molecule has 1 aromatic heterocycles. The lowest BCUT2D eigenvalue weighted by Crippen LogP contribution is -2.44. The monoisotopic (exact) mass is 566 g/mol. The molecule has 0 radical (unpaired) electrons. The maximum atomic E-state index is 12.5. The van der Waals surface area contributed by atoms with Gasteiger partial charge in [0.25, 0.3) is 0 Å². The molecule has 2 N–H and O–H groups in total. The van der Waals surface area contributed by atoms with Gasteiger partial charge in [0.05, 0.1) is 19.8 Å². The minimum absolute atomic E-state index is 0. The molecule has 9 heteroatoms. The van der Waals surface area contributed by atoms with Crippen LogP contribution in [-0.2, 0) is 29.0 Å². The molecule has 0 unspecified atom stereocenters. The number of hydrogen-bond acceptors (Lipinski definition) is 5. The van der Waals surface area contributed by atoms with E-state index in [-0.39, 0.29) is 36.4 Å². The van der Waals surface area contributed by atoms with Gasteiger partial charge in [0.15, 0.2) is 5.96 Å². The molecule has 0 atom stereocenters. The number of aliphatic imine (C=N–C) groups is 1. The van der Waals surface area contributed by atoms with Gasteiger partial charge < -0.3 is 20.3 Å². The van der Waals surface area contributed by atoms with Gasteiger partial charge in [-0.15, -0.1) is 24.0 Å². The Morgan fingerprint density at radius 2 is 1.85 bits per heavy atom. The Bertz CT molecular complexity index is 874. The van der Waals surface area contributed by atoms with E-state index in [1.54, 1.807) is 18.1 Å². The van der Waals surface area contributed by atoms with Crippen LogP contribution in [0.25, 0.3) is 0 Å². The fourth-order valence-corrected chi connectivity index (χ4v) is 3.53. The van der Waals surface area contributed by atoms with E-state index >= 15 is 0 Å². The average molecular weight is 566 g/mol. The number of nitrogens with one attached hydrogen (secondary N) is 2. The fourth-order valence-electron chi connectivity index (χ4n) is 3.53. The molecule has 1 fully saturated rings. The van der Waals surface area contributed by atoms with Crippen LogP contribution in [0.2, 0.25) is 0 Å². The van der Waals surface area contributed by atoms with Gasteiger partial charge in [-0.25, -0.2) is 0 Å². The lowest BCUT2D eigenvalue weighted by Gasteiger charge is -2.27. The van der Waals surface area contributed by atoms with Crippen molar-refractivity contribution in [1.29, 1.82) is 0 Å². The summed E-state index contributed by atoms with van der Waals surface area (Å²) in [6, 6.07) is 14.2. The minimum atomic E-state index is 0. The summed E-state index contributed by atoms with van der Waals surface area (Å²) in [4.78, 5) is 25.2. The van der Waals surface area contributed by atoms with Gasteiger partial charge in [0.2, 0.25) is 5.91 Å². The number of hydrogen-bond donors (Lipinski definition) is 2. The van der Waals surface area contributed by atoms with Crippen LogP contribution in [0.15, 0.2) is 53.7 Å². The first kappa shape index (κ1) is 27.0. The smallest absolute Gasteiger partial charge is 0.241 e. The summed E-state index contributed by atoms with van der Waals surface area (Å²) in [5.41, 5.74) is 3.50. The van der Waals surface area contributed by atoms with E-state index < -0.39 is 0 Å². The number of carbonyl (C=O) groups is 1. The molecule has 1 saturated heterocycles. The number of aromatic nitrogens is 1. The van der Waals surface area contributed by atoms with Crippen molar-refractivity contribution < 1.29 is 9.53 Å². The van der Waals surface area contributed by atoms with E-state index in [0.29, 0.717) is 19.0 Å². The van der Waals surface area contributed by atoms with Gasteiger partial charge in [-0.05, 0) is 23.3 Å².